The molecule has 1 N–H and O–H groups in total. The van der Waals surface area contributed by atoms with Crippen LogP contribution in [0.1, 0.15) is 39.7 Å². The van der Waals surface area contributed by atoms with Gasteiger partial charge in [0.05, 0.1) is 5.56 Å². The monoisotopic (exact) mass is 427 g/mol. The highest BCUT2D eigenvalue weighted by Crippen LogP contribution is 2.31. The third-order valence-corrected chi connectivity index (χ3v) is 5.68. The molecule has 3 aromatic carbocycles. The average Bonchev–Trinajstić information content (AvgIpc) is 3.03. The lowest BCUT2D eigenvalue weighted by Gasteiger charge is -2.10. The number of Topliss-reactive ketones (excluding diaryl/α,β-unsaturated/α-hetero) is 1. The van der Waals surface area contributed by atoms with Crippen LogP contribution in [0.4, 0.5) is 0 Å². The zero-order valence-corrected chi connectivity index (χ0v) is 18.2. The van der Waals surface area contributed by atoms with Gasteiger partial charge in [-0.3, -0.25) is 4.79 Å². The summed E-state index contributed by atoms with van der Waals surface area (Å²) >= 11 is 0. The number of carboxylic acids is 1. The lowest BCUT2D eigenvalue weighted by molar-refractivity contribution is -0.116. The van der Waals surface area contributed by atoms with Gasteiger partial charge in [-0.05, 0) is 49.2 Å². The summed E-state index contributed by atoms with van der Waals surface area (Å²) in [6.07, 6.45) is 0.357. The van der Waals surface area contributed by atoms with Crippen molar-refractivity contribution in [2.24, 2.45) is 0 Å². The molecule has 162 valence electrons. The normalized spacial score (nSPS) is 10.9. The number of carboxylic acid groups (broad SMARTS) is 1. The van der Waals surface area contributed by atoms with Gasteiger partial charge in [0, 0.05) is 35.1 Å². The topological polar surface area (TPSA) is 68.5 Å². The molecule has 1 aromatic heterocycles. The molecule has 0 aliphatic rings. The van der Waals surface area contributed by atoms with E-state index >= 15 is 0 Å². The van der Waals surface area contributed by atoms with Crippen LogP contribution in [0.2, 0.25) is 0 Å². The Balaban J connectivity index is 1.69. The van der Waals surface area contributed by atoms with Crippen LogP contribution in [0.3, 0.4) is 0 Å². The molecule has 5 heteroatoms. The van der Waals surface area contributed by atoms with Crippen molar-refractivity contribution >= 4 is 22.7 Å². The number of rotatable bonds is 8. The van der Waals surface area contributed by atoms with Crippen LogP contribution in [0.15, 0.2) is 72.8 Å². The maximum atomic E-state index is 12.0. The van der Waals surface area contributed by atoms with Crippen molar-refractivity contribution in [3.05, 3.63) is 101 Å². The Morgan fingerprint density at radius 2 is 1.69 bits per heavy atom. The highest BCUT2D eigenvalue weighted by Gasteiger charge is 2.17. The Hall–Kier alpha value is -3.86. The van der Waals surface area contributed by atoms with Gasteiger partial charge in [-0.15, -0.1) is 0 Å². The van der Waals surface area contributed by atoms with Crippen LogP contribution in [-0.2, 0) is 24.4 Å². The molecule has 0 saturated carbocycles. The fourth-order valence-corrected chi connectivity index (χ4v) is 4.08. The SMILES string of the molecule is CC(=O)Cc1c(C)n(Cc2ccccc2)c2ccc(OCc3ccccc3C(=O)O)cc12. The molecule has 32 heavy (non-hydrogen) atoms. The molecule has 0 unspecified atom stereocenters. The summed E-state index contributed by atoms with van der Waals surface area (Å²) < 4.78 is 8.19. The smallest absolute Gasteiger partial charge is 0.336 e. The Morgan fingerprint density at radius 3 is 2.41 bits per heavy atom. The van der Waals surface area contributed by atoms with E-state index in [9.17, 15) is 14.7 Å². The molecular weight excluding hydrogens is 402 g/mol. The number of hydrogen-bond donors (Lipinski definition) is 1. The Kier molecular flexibility index (Phi) is 6.08. The minimum absolute atomic E-state index is 0.105. The molecule has 4 aromatic rings. The Bertz CT molecular complexity index is 1290. The van der Waals surface area contributed by atoms with E-state index in [-0.39, 0.29) is 18.0 Å². The molecule has 0 bridgehead atoms. The second-order valence-electron chi connectivity index (χ2n) is 7.94. The van der Waals surface area contributed by atoms with E-state index < -0.39 is 5.97 Å². The number of benzene rings is 3. The van der Waals surface area contributed by atoms with Crippen molar-refractivity contribution < 1.29 is 19.4 Å². The highest BCUT2D eigenvalue weighted by molar-refractivity contribution is 5.92. The number of carbonyl (C=O) groups is 2. The van der Waals surface area contributed by atoms with Crippen molar-refractivity contribution in [1.29, 1.82) is 0 Å². The van der Waals surface area contributed by atoms with E-state index in [2.05, 4.69) is 16.7 Å². The number of ketones is 1. The quantitative estimate of drug-likeness (QED) is 0.408. The van der Waals surface area contributed by atoms with Gasteiger partial charge in [0.2, 0.25) is 0 Å². The third-order valence-electron chi connectivity index (χ3n) is 5.68. The molecule has 0 fully saturated rings. The predicted octanol–water partition coefficient (Wildman–Crippen LogP) is 5.41. The van der Waals surface area contributed by atoms with Crippen molar-refractivity contribution in [3.63, 3.8) is 0 Å². The van der Waals surface area contributed by atoms with Crippen LogP contribution in [0, 0.1) is 6.92 Å². The van der Waals surface area contributed by atoms with E-state index in [4.69, 9.17) is 4.74 Å². The summed E-state index contributed by atoms with van der Waals surface area (Å²) in [5.41, 5.74) is 5.14. The standard InChI is InChI=1S/C27H25NO4/c1-18(29)14-24-19(2)28(16-20-8-4-3-5-9-20)26-13-12-22(15-25(24)26)32-17-21-10-6-7-11-23(21)27(30)31/h3-13,15H,14,16-17H2,1-2H3,(H,30,31). The lowest BCUT2D eigenvalue weighted by atomic mass is 10.1. The van der Waals surface area contributed by atoms with Crippen molar-refractivity contribution in [2.45, 2.75) is 33.4 Å². The van der Waals surface area contributed by atoms with Gasteiger partial charge in [-0.1, -0.05) is 48.5 Å². The number of aromatic carboxylic acids is 1. The van der Waals surface area contributed by atoms with Gasteiger partial charge in [0.15, 0.2) is 0 Å². The molecule has 0 aliphatic carbocycles. The van der Waals surface area contributed by atoms with Gasteiger partial charge in [-0.25, -0.2) is 4.79 Å². The van der Waals surface area contributed by atoms with Crippen LogP contribution in [0.5, 0.6) is 5.75 Å². The van der Waals surface area contributed by atoms with Crippen LogP contribution < -0.4 is 4.74 Å². The first-order valence-electron chi connectivity index (χ1n) is 10.5. The summed E-state index contributed by atoms with van der Waals surface area (Å²) in [6, 6.07) is 22.9. The summed E-state index contributed by atoms with van der Waals surface area (Å²) in [4.78, 5) is 23.4. The van der Waals surface area contributed by atoms with E-state index in [1.54, 1.807) is 31.2 Å². The van der Waals surface area contributed by atoms with E-state index in [0.717, 1.165) is 22.2 Å². The molecule has 0 amide bonds. The second kappa shape index (κ2) is 9.10. The second-order valence-corrected chi connectivity index (χ2v) is 7.94. The molecule has 4 rings (SSSR count). The molecule has 1 heterocycles. The number of carbonyl (C=O) groups excluding carboxylic acids is 1. The summed E-state index contributed by atoms with van der Waals surface area (Å²) in [7, 11) is 0. The third kappa shape index (κ3) is 4.42. The lowest BCUT2D eigenvalue weighted by Crippen LogP contribution is -2.05. The van der Waals surface area contributed by atoms with E-state index in [1.807, 2.05) is 43.3 Å². The van der Waals surface area contributed by atoms with Crippen LogP contribution in [0.25, 0.3) is 10.9 Å². The zero-order valence-electron chi connectivity index (χ0n) is 18.2. The van der Waals surface area contributed by atoms with Gasteiger partial charge < -0.3 is 14.4 Å². The highest BCUT2D eigenvalue weighted by atomic mass is 16.5. The number of fused-ring (bicyclic) bond motifs is 1. The van der Waals surface area contributed by atoms with Crippen LogP contribution in [-0.4, -0.2) is 21.4 Å². The summed E-state index contributed by atoms with van der Waals surface area (Å²) in [6.45, 7) is 4.51. The van der Waals surface area contributed by atoms with Gasteiger partial charge >= 0.3 is 5.97 Å². The minimum Gasteiger partial charge on any atom is -0.489 e. The van der Waals surface area contributed by atoms with Gasteiger partial charge in [0.1, 0.15) is 18.1 Å². The van der Waals surface area contributed by atoms with E-state index in [1.165, 1.54) is 5.56 Å². The first kappa shape index (κ1) is 21.4. The van der Waals surface area contributed by atoms with Crippen molar-refractivity contribution in [3.8, 4) is 5.75 Å². The fourth-order valence-electron chi connectivity index (χ4n) is 4.08. The van der Waals surface area contributed by atoms with Gasteiger partial charge in [-0.2, -0.15) is 0 Å². The number of hydrogen-bond acceptors (Lipinski definition) is 3. The fraction of sp³-hybridized carbons (Fsp3) is 0.185. The Morgan fingerprint density at radius 1 is 0.969 bits per heavy atom. The molecule has 0 aliphatic heterocycles. The predicted molar refractivity (Wildman–Crippen MR) is 124 cm³/mol. The average molecular weight is 428 g/mol. The number of nitrogens with zero attached hydrogens (tertiary/aromatic N) is 1. The number of aromatic nitrogens is 1. The maximum absolute atomic E-state index is 12.0. The first-order valence-corrected chi connectivity index (χ1v) is 10.5. The minimum atomic E-state index is -0.975. The summed E-state index contributed by atoms with van der Waals surface area (Å²) in [5.74, 6) is -0.232. The van der Waals surface area contributed by atoms with Gasteiger partial charge in [0.25, 0.3) is 0 Å². The van der Waals surface area contributed by atoms with Crippen molar-refractivity contribution in [1.82, 2.24) is 4.57 Å². The molecule has 5 nitrogen and oxygen atoms in total. The zero-order chi connectivity index (χ0) is 22.7. The first-order chi connectivity index (χ1) is 15.4. The summed E-state index contributed by atoms with van der Waals surface area (Å²) in [5, 5.41) is 10.4. The van der Waals surface area contributed by atoms with Crippen molar-refractivity contribution in [2.75, 3.05) is 0 Å². The molecule has 0 spiro atoms. The molecule has 0 radical (unpaired) electrons. The number of ether oxygens (including phenoxy) is 1. The molecular formula is C27H25NO4. The van der Waals surface area contributed by atoms with E-state index in [0.29, 0.717) is 24.3 Å². The van der Waals surface area contributed by atoms with Crippen LogP contribution >= 0.6 is 0 Å². The molecule has 0 atom stereocenters. The molecule has 0 saturated heterocycles. The Labute approximate surface area is 186 Å². The largest absolute Gasteiger partial charge is 0.489 e. The maximum Gasteiger partial charge on any atom is 0.336 e.